The van der Waals surface area contributed by atoms with Crippen LogP contribution in [0.4, 0.5) is 5.69 Å². The maximum Gasteiger partial charge on any atom is 0.276 e. The van der Waals surface area contributed by atoms with Gasteiger partial charge in [-0.1, -0.05) is 35.4 Å². The molecule has 3 rings (SSSR count). The predicted molar refractivity (Wildman–Crippen MR) is 88.1 cm³/mol. The van der Waals surface area contributed by atoms with Gasteiger partial charge in [-0.05, 0) is 31.2 Å². The zero-order chi connectivity index (χ0) is 16.6. The summed E-state index contributed by atoms with van der Waals surface area (Å²) in [6.07, 6.45) is 0. The zero-order valence-electron chi connectivity index (χ0n) is 12.0. The topological polar surface area (TPSA) is 87.6 Å². The number of fused-ring (bicyclic) bond motifs is 1. The van der Waals surface area contributed by atoms with Crippen LogP contribution in [0.25, 0.3) is 0 Å². The third kappa shape index (κ3) is 2.93. The Morgan fingerprint density at radius 3 is 2.52 bits per heavy atom. The Bertz CT molecular complexity index is 921. The molecular formula is C15H12ClN3O3S. The highest BCUT2D eigenvalue weighted by atomic mass is 35.5. The zero-order valence-corrected chi connectivity index (χ0v) is 13.6. The summed E-state index contributed by atoms with van der Waals surface area (Å²) < 4.78 is 24.4. The quantitative estimate of drug-likeness (QED) is 0.833. The minimum Gasteiger partial charge on any atom is -0.320 e. The summed E-state index contributed by atoms with van der Waals surface area (Å²) in [7, 11) is -3.86. The molecule has 1 aliphatic rings. The maximum absolute atomic E-state index is 12.2. The van der Waals surface area contributed by atoms with Crippen LogP contribution in [0.2, 0.25) is 5.02 Å². The van der Waals surface area contributed by atoms with Crippen molar-refractivity contribution in [2.75, 3.05) is 5.32 Å². The number of amides is 1. The van der Waals surface area contributed by atoms with E-state index < -0.39 is 15.9 Å². The first-order chi connectivity index (χ1) is 10.9. The van der Waals surface area contributed by atoms with E-state index in [9.17, 15) is 13.2 Å². The number of hydrogen-bond donors (Lipinski definition) is 2. The van der Waals surface area contributed by atoms with E-state index in [2.05, 4.69) is 15.2 Å². The Balaban J connectivity index is 1.95. The van der Waals surface area contributed by atoms with Crippen molar-refractivity contribution >= 4 is 38.9 Å². The standard InChI is InChI=1S/C15H12ClN3O3S/c1-9-5-7-10(8-6-9)23(21,22)19-18-14-13-11(16)3-2-4-12(13)17-15(14)20/h2-8,19H,1H3,(H,17,18,20). The lowest BCUT2D eigenvalue weighted by atomic mass is 10.1. The molecule has 0 atom stereocenters. The fraction of sp³-hybridized carbons (Fsp3) is 0.0667. The van der Waals surface area contributed by atoms with Crippen molar-refractivity contribution in [1.82, 2.24) is 4.83 Å². The van der Waals surface area contributed by atoms with E-state index >= 15 is 0 Å². The second-order valence-corrected chi connectivity index (χ2v) is 7.05. The Hall–Kier alpha value is -2.38. The van der Waals surface area contributed by atoms with Gasteiger partial charge in [0.15, 0.2) is 5.71 Å². The van der Waals surface area contributed by atoms with Crippen molar-refractivity contribution in [3.8, 4) is 0 Å². The average molecular weight is 350 g/mol. The van der Waals surface area contributed by atoms with Crippen molar-refractivity contribution in [3.05, 3.63) is 58.6 Å². The molecule has 0 radical (unpaired) electrons. The highest BCUT2D eigenvalue weighted by molar-refractivity contribution is 7.89. The Labute approximate surface area is 138 Å². The average Bonchev–Trinajstić information content (AvgIpc) is 2.82. The van der Waals surface area contributed by atoms with Crippen molar-refractivity contribution in [2.45, 2.75) is 11.8 Å². The van der Waals surface area contributed by atoms with Gasteiger partial charge in [0.25, 0.3) is 15.9 Å². The Morgan fingerprint density at radius 2 is 1.83 bits per heavy atom. The first-order valence-electron chi connectivity index (χ1n) is 6.65. The van der Waals surface area contributed by atoms with Gasteiger partial charge in [-0.25, -0.2) is 0 Å². The molecule has 8 heteroatoms. The summed E-state index contributed by atoms with van der Waals surface area (Å²) in [5.74, 6) is -0.514. The number of benzene rings is 2. The van der Waals surface area contributed by atoms with E-state index in [4.69, 9.17) is 11.6 Å². The molecule has 0 fully saturated rings. The van der Waals surface area contributed by atoms with E-state index in [1.54, 1.807) is 30.3 Å². The molecule has 0 aliphatic carbocycles. The summed E-state index contributed by atoms with van der Waals surface area (Å²) in [6.45, 7) is 1.85. The molecule has 2 aromatic rings. The lowest BCUT2D eigenvalue weighted by molar-refractivity contribution is -0.110. The fourth-order valence-corrected chi connectivity index (χ4v) is 3.22. The largest absolute Gasteiger partial charge is 0.320 e. The van der Waals surface area contributed by atoms with Gasteiger partial charge in [0.05, 0.1) is 15.6 Å². The summed E-state index contributed by atoms with van der Waals surface area (Å²) in [4.78, 5) is 14.1. The van der Waals surface area contributed by atoms with Crippen LogP contribution < -0.4 is 10.1 Å². The molecule has 1 aliphatic heterocycles. The molecule has 2 aromatic carbocycles. The van der Waals surface area contributed by atoms with Gasteiger partial charge in [-0.3, -0.25) is 4.79 Å². The third-order valence-corrected chi connectivity index (χ3v) is 4.86. The molecule has 0 spiro atoms. The number of nitrogens with one attached hydrogen (secondary N) is 2. The van der Waals surface area contributed by atoms with Gasteiger partial charge < -0.3 is 5.32 Å². The SMILES string of the molecule is Cc1ccc(S(=O)(=O)NN=C2C(=O)Nc3cccc(Cl)c32)cc1. The van der Waals surface area contributed by atoms with Crippen LogP contribution in [-0.4, -0.2) is 20.0 Å². The number of aryl methyl sites for hydroxylation is 1. The minimum atomic E-state index is -3.86. The number of anilines is 1. The van der Waals surface area contributed by atoms with Crippen LogP contribution in [0.1, 0.15) is 11.1 Å². The van der Waals surface area contributed by atoms with Gasteiger partial charge in [0, 0.05) is 5.56 Å². The van der Waals surface area contributed by atoms with Crippen molar-refractivity contribution < 1.29 is 13.2 Å². The van der Waals surface area contributed by atoms with Crippen molar-refractivity contribution in [3.63, 3.8) is 0 Å². The van der Waals surface area contributed by atoms with Crippen LogP contribution in [0.3, 0.4) is 0 Å². The van der Waals surface area contributed by atoms with Gasteiger partial charge >= 0.3 is 0 Å². The monoisotopic (exact) mass is 349 g/mol. The molecule has 6 nitrogen and oxygen atoms in total. The van der Waals surface area contributed by atoms with Crippen molar-refractivity contribution in [1.29, 1.82) is 0 Å². The molecule has 0 saturated heterocycles. The molecule has 1 heterocycles. The van der Waals surface area contributed by atoms with Gasteiger partial charge in [-0.15, -0.1) is 0 Å². The van der Waals surface area contributed by atoms with Crippen LogP contribution in [0, 0.1) is 6.92 Å². The van der Waals surface area contributed by atoms with Gasteiger partial charge in [0.1, 0.15) is 0 Å². The summed E-state index contributed by atoms with van der Waals surface area (Å²) in [5, 5.41) is 6.66. The number of sulfonamides is 1. The first-order valence-corrected chi connectivity index (χ1v) is 8.51. The number of carbonyl (C=O) groups excluding carboxylic acids is 1. The molecule has 23 heavy (non-hydrogen) atoms. The van der Waals surface area contributed by atoms with E-state index in [1.165, 1.54) is 12.1 Å². The maximum atomic E-state index is 12.2. The van der Waals surface area contributed by atoms with Gasteiger partial charge in [-0.2, -0.15) is 18.4 Å². The molecular weight excluding hydrogens is 338 g/mol. The number of halogens is 1. The summed E-state index contributed by atoms with van der Waals surface area (Å²) in [5.41, 5.74) is 1.74. The normalized spacial score (nSPS) is 15.4. The first kappa shape index (κ1) is 15.5. The van der Waals surface area contributed by atoms with Gasteiger partial charge in [0.2, 0.25) is 0 Å². The smallest absolute Gasteiger partial charge is 0.276 e. The number of rotatable bonds is 3. The van der Waals surface area contributed by atoms with E-state index in [1.807, 2.05) is 6.92 Å². The molecule has 118 valence electrons. The molecule has 0 bridgehead atoms. The lowest BCUT2D eigenvalue weighted by Gasteiger charge is -2.05. The second-order valence-electron chi connectivity index (χ2n) is 4.98. The number of hydrazone groups is 1. The fourth-order valence-electron chi connectivity index (χ4n) is 2.15. The predicted octanol–water partition coefficient (Wildman–Crippen LogP) is 2.28. The Kier molecular flexibility index (Phi) is 3.83. The van der Waals surface area contributed by atoms with E-state index in [0.717, 1.165) is 5.56 Å². The molecule has 0 aromatic heterocycles. The molecule has 2 N–H and O–H groups in total. The third-order valence-electron chi connectivity index (χ3n) is 3.32. The van der Waals surface area contributed by atoms with Crippen molar-refractivity contribution in [2.24, 2.45) is 5.10 Å². The van der Waals surface area contributed by atoms with Crippen LogP contribution >= 0.6 is 11.6 Å². The highest BCUT2D eigenvalue weighted by Crippen LogP contribution is 2.29. The van der Waals surface area contributed by atoms with Crippen LogP contribution in [0.15, 0.2) is 52.5 Å². The number of carbonyl (C=O) groups is 1. The molecule has 0 unspecified atom stereocenters. The van der Waals surface area contributed by atoms with Crippen LogP contribution in [0.5, 0.6) is 0 Å². The van der Waals surface area contributed by atoms with E-state index in [0.29, 0.717) is 16.3 Å². The molecule has 0 saturated carbocycles. The van der Waals surface area contributed by atoms with E-state index in [-0.39, 0.29) is 10.6 Å². The lowest BCUT2D eigenvalue weighted by Crippen LogP contribution is -2.23. The second kappa shape index (κ2) is 5.68. The summed E-state index contributed by atoms with van der Waals surface area (Å²) >= 11 is 6.06. The molecule has 1 amide bonds. The Morgan fingerprint density at radius 1 is 1.13 bits per heavy atom. The van der Waals surface area contributed by atoms with Crippen LogP contribution in [-0.2, 0) is 14.8 Å². The highest BCUT2D eigenvalue weighted by Gasteiger charge is 2.29. The number of hydrogen-bond acceptors (Lipinski definition) is 4. The minimum absolute atomic E-state index is 0.0604. The number of nitrogens with zero attached hydrogens (tertiary/aromatic N) is 1. The summed E-state index contributed by atoms with van der Waals surface area (Å²) in [6, 6.07) is 11.2.